The summed E-state index contributed by atoms with van der Waals surface area (Å²) in [6, 6.07) is 13.3. The summed E-state index contributed by atoms with van der Waals surface area (Å²) in [5, 5.41) is 2.81. The third-order valence-corrected chi connectivity index (χ3v) is 6.45. The van der Waals surface area contributed by atoms with E-state index in [1.807, 2.05) is 19.1 Å². The van der Waals surface area contributed by atoms with E-state index >= 15 is 0 Å². The predicted molar refractivity (Wildman–Crippen MR) is 105 cm³/mol. The molecule has 27 heavy (non-hydrogen) atoms. The van der Waals surface area contributed by atoms with Gasteiger partial charge in [0.05, 0.1) is 16.7 Å². The van der Waals surface area contributed by atoms with Gasteiger partial charge in [-0.3, -0.25) is 9.10 Å². The molecule has 0 aromatic heterocycles. The lowest BCUT2D eigenvalue weighted by Gasteiger charge is -2.20. The first-order valence-electron chi connectivity index (χ1n) is 8.93. The zero-order valence-electron chi connectivity index (χ0n) is 15.5. The first-order valence-corrected chi connectivity index (χ1v) is 10.4. The molecule has 1 heterocycles. The summed E-state index contributed by atoms with van der Waals surface area (Å²) < 4.78 is 32.6. The van der Waals surface area contributed by atoms with Crippen molar-refractivity contribution in [1.29, 1.82) is 0 Å². The number of amides is 1. The maximum atomic E-state index is 12.9. The van der Waals surface area contributed by atoms with Crippen LogP contribution in [0.4, 0.5) is 5.69 Å². The van der Waals surface area contributed by atoms with Crippen LogP contribution in [0.1, 0.15) is 28.8 Å². The number of nitrogens with one attached hydrogen (secondary N) is 1. The van der Waals surface area contributed by atoms with Crippen molar-refractivity contribution in [1.82, 2.24) is 5.32 Å². The number of aryl methyl sites for hydroxylation is 1. The largest absolute Gasteiger partial charge is 0.376 e. The highest BCUT2D eigenvalue weighted by molar-refractivity contribution is 7.92. The van der Waals surface area contributed by atoms with Gasteiger partial charge in [0.1, 0.15) is 0 Å². The summed E-state index contributed by atoms with van der Waals surface area (Å²) in [4.78, 5) is 12.5. The Morgan fingerprint density at radius 3 is 2.63 bits per heavy atom. The number of carbonyl (C=O) groups excluding carboxylic acids is 1. The van der Waals surface area contributed by atoms with Crippen molar-refractivity contribution < 1.29 is 17.9 Å². The first-order chi connectivity index (χ1) is 12.9. The molecule has 6 nitrogen and oxygen atoms in total. The third-order valence-electron chi connectivity index (χ3n) is 4.67. The molecule has 0 unspecified atom stereocenters. The second kappa shape index (κ2) is 8.10. The number of benzene rings is 2. The third kappa shape index (κ3) is 4.48. The highest BCUT2D eigenvalue weighted by atomic mass is 32.2. The lowest BCUT2D eigenvalue weighted by Crippen LogP contribution is -2.32. The number of anilines is 1. The summed E-state index contributed by atoms with van der Waals surface area (Å²) in [7, 11) is -2.26. The molecule has 144 valence electrons. The molecule has 1 N–H and O–H groups in total. The van der Waals surface area contributed by atoms with E-state index in [0.717, 1.165) is 25.0 Å². The molecular weight excluding hydrogens is 364 g/mol. The van der Waals surface area contributed by atoms with Gasteiger partial charge in [-0.1, -0.05) is 23.8 Å². The monoisotopic (exact) mass is 388 g/mol. The number of hydrogen-bond acceptors (Lipinski definition) is 4. The smallest absolute Gasteiger partial charge is 0.264 e. The zero-order valence-corrected chi connectivity index (χ0v) is 16.3. The van der Waals surface area contributed by atoms with Crippen molar-refractivity contribution in [2.24, 2.45) is 0 Å². The fourth-order valence-corrected chi connectivity index (χ4v) is 4.21. The highest BCUT2D eigenvalue weighted by Crippen LogP contribution is 2.23. The van der Waals surface area contributed by atoms with Crippen molar-refractivity contribution >= 4 is 21.6 Å². The molecule has 7 heteroatoms. The van der Waals surface area contributed by atoms with Gasteiger partial charge in [0.2, 0.25) is 0 Å². The maximum Gasteiger partial charge on any atom is 0.264 e. The summed E-state index contributed by atoms with van der Waals surface area (Å²) in [5.41, 5.74) is 1.93. The van der Waals surface area contributed by atoms with Gasteiger partial charge in [-0.2, -0.15) is 0 Å². The topological polar surface area (TPSA) is 75.7 Å². The van der Waals surface area contributed by atoms with Gasteiger partial charge in [0.25, 0.3) is 15.9 Å². The molecule has 0 radical (unpaired) electrons. The fraction of sp³-hybridized carbons (Fsp3) is 0.350. The van der Waals surface area contributed by atoms with Crippen LogP contribution in [0.15, 0.2) is 53.4 Å². The fourth-order valence-electron chi connectivity index (χ4n) is 2.96. The van der Waals surface area contributed by atoms with Crippen LogP contribution < -0.4 is 9.62 Å². The number of carbonyl (C=O) groups is 1. The van der Waals surface area contributed by atoms with E-state index in [-0.39, 0.29) is 16.9 Å². The van der Waals surface area contributed by atoms with Crippen molar-refractivity contribution in [3.63, 3.8) is 0 Å². The van der Waals surface area contributed by atoms with Gasteiger partial charge in [0, 0.05) is 25.8 Å². The maximum absolute atomic E-state index is 12.9. The number of hydrogen-bond donors (Lipinski definition) is 1. The predicted octanol–water partition coefficient (Wildman–Crippen LogP) is 2.73. The SMILES string of the molecule is Cc1ccc(N(C)S(=O)(=O)c2cccc(C(=O)NC[C@@H]3CCCO3)c2)cc1. The van der Waals surface area contributed by atoms with Gasteiger partial charge < -0.3 is 10.1 Å². The molecule has 1 atom stereocenters. The molecule has 1 amide bonds. The van der Waals surface area contributed by atoms with Crippen molar-refractivity contribution in [2.45, 2.75) is 30.8 Å². The van der Waals surface area contributed by atoms with Gasteiger partial charge in [-0.25, -0.2) is 8.42 Å². The number of sulfonamides is 1. The normalized spacial score (nSPS) is 16.9. The number of ether oxygens (including phenoxy) is 1. The quantitative estimate of drug-likeness (QED) is 0.826. The molecule has 1 fully saturated rings. The molecule has 2 aromatic carbocycles. The van der Waals surface area contributed by atoms with Crippen molar-refractivity contribution in [3.8, 4) is 0 Å². The minimum absolute atomic E-state index is 0.0357. The van der Waals surface area contributed by atoms with Crippen LogP contribution in [0.3, 0.4) is 0 Å². The minimum atomic E-state index is -3.76. The average Bonchev–Trinajstić information content (AvgIpc) is 3.20. The molecule has 1 saturated heterocycles. The molecule has 0 spiro atoms. The standard InChI is InChI=1S/C20H24N2O4S/c1-15-8-10-17(11-9-15)22(2)27(24,25)19-7-3-5-16(13-19)20(23)21-14-18-6-4-12-26-18/h3,5,7-11,13,18H,4,6,12,14H2,1-2H3,(H,21,23)/t18-/m0/s1. The summed E-state index contributed by atoms with van der Waals surface area (Å²) in [6.45, 7) is 3.09. The van der Waals surface area contributed by atoms with E-state index in [0.29, 0.717) is 17.8 Å². The minimum Gasteiger partial charge on any atom is -0.376 e. The second-order valence-corrected chi connectivity index (χ2v) is 8.65. The molecule has 2 aromatic rings. The molecule has 1 aliphatic rings. The average molecular weight is 388 g/mol. The zero-order chi connectivity index (χ0) is 19.4. The van der Waals surface area contributed by atoms with E-state index in [9.17, 15) is 13.2 Å². The van der Waals surface area contributed by atoms with E-state index < -0.39 is 10.0 Å². The van der Waals surface area contributed by atoms with E-state index in [1.54, 1.807) is 24.3 Å². The van der Waals surface area contributed by atoms with Crippen LogP contribution in [-0.4, -0.2) is 40.6 Å². The van der Waals surface area contributed by atoms with Crippen LogP contribution >= 0.6 is 0 Å². The molecule has 1 aliphatic heterocycles. The lowest BCUT2D eigenvalue weighted by molar-refractivity contribution is 0.0857. The highest BCUT2D eigenvalue weighted by Gasteiger charge is 2.23. The Labute approximate surface area is 160 Å². The van der Waals surface area contributed by atoms with Crippen LogP contribution in [0.25, 0.3) is 0 Å². The van der Waals surface area contributed by atoms with Crippen LogP contribution in [0, 0.1) is 6.92 Å². The summed E-state index contributed by atoms with van der Waals surface area (Å²) >= 11 is 0. The Morgan fingerprint density at radius 1 is 1.22 bits per heavy atom. The molecular formula is C20H24N2O4S. The van der Waals surface area contributed by atoms with Gasteiger partial charge in [0.15, 0.2) is 0 Å². The molecule has 3 rings (SSSR count). The molecule has 0 saturated carbocycles. The van der Waals surface area contributed by atoms with Crippen molar-refractivity contribution in [3.05, 3.63) is 59.7 Å². The summed E-state index contributed by atoms with van der Waals surface area (Å²) in [6.07, 6.45) is 1.96. The Balaban J connectivity index is 1.76. The second-order valence-electron chi connectivity index (χ2n) is 6.68. The van der Waals surface area contributed by atoms with E-state index in [2.05, 4.69) is 5.32 Å². The van der Waals surface area contributed by atoms with Gasteiger partial charge in [-0.05, 0) is 50.1 Å². The number of nitrogens with zero attached hydrogens (tertiary/aromatic N) is 1. The Morgan fingerprint density at radius 2 is 1.96 bits per heavy atom. The Kier molecular flexibility index (Phi) is 5.82. The first kappa shape index (κ1) is 19.4. The molecule has 0 aliphatic carbocycles. The summed E-state index contributed by atoms with van der Waals surface area (Å²) in [5.74, 6) is -0.305. The van der Waals surface area contributed by atoms with Crippen LogP contribution in [0.5, 0.6) is 0 Å². The van der Waals surface area contributed by atoms with Gasteiger partial charge >= 0.3 is 0 Å². The van der Waals surface area contributed by atoms with Gasteiger partial charge in [-0.15, -0.1) is 0 Å². The van der Waals surface area contributed by atoms with Crippen molar-refractivity contribution in [2.75, 3.05) is 24.5 Å². The lowest BCUT2D eigenvalue weighted by atomic mass is 10.2. The number of rotatable bonds is 6. The van der Waals surface area contributed by atoms with E-state index in [4.69, 9.17) is 4.74 Å². The Hall–Kier alpha value is -2.38. The Bertz CT molecular complexity index is 904. The van der Waals surface area contributed by atoms with E-state index in [1.165, 1.54) is 23.5 Å². The molecule has 0 bridgehead atoms. The van der Waals surface area contributed by atoms with Crippen LogP contribution in [-0.2, 0) is 14.8 Å². The van der Waals surface area contributed by atoms with Crippen LogP contribution in [0.2, 0.25) is 0 Å².